The molecule has 4 rings (SSSR count). The Morgan fingerprint density at radius 2 is 2.06 bits per heavy atom. The summed E-state index contributed by atoms with van der Waals surface area (Å²) in [5.41, 5.74) is -0.547. The van der Waals surface area contributed by atoms with Crippen molar-refractivity contribution in [3.05, 3.63) is 46.7 Å². The number of thioether (sulfide) groups is 1. The van der Waals surface area contributed by atoms with Gasteiger partial charge in [-0.2, -0.15) is 5.26 Å². The highest BCUT2D eigenvalue weighted by atomic mass is 35.5. The molecule has 2 heterocycles. The number of hydrogen-bond donors (Lipinski definition) is 1. The highest BCUT2D eigenvalue weighted by Gasteiger charge is 2.26. The molecule has 2 aromatic carbocycles. The van der Waals surface area contributed by atoms with Gasteiger partial charge in [-0.3, -0.25) is 5.32 Å². The lowest BCUT2D eigenvalue weighted by atomic mass is 9.97. The van der Waals surface area contributed by atoms with Crippen molar-refractivity contribution in [3.8, 4) is 17.2 Å². The Balaban J connectivity index is 1.96. The summed E-state index contributed by atoms with van der Waals surface area (Å²) in [4.78, 5) is 20.6. The first-order valence-electron chi connectivity index (χ1n) is 10.5. The first-order chi connectivity index (χ1) is 16.6. The molecule has 1 N–H and O–H groups in total. The average molecular weight is 533 g/mol. The van der Waals surface area contributed by atoms with E-state index in [0.717, 1.165) is 17.1 Å². The van der Waals surface area contributed by atoms with E-state index in [-0.39, 0.29) is 42.3 Å². The van der Waals surface area contributed by atoms with E-state index in [1.54, 1.807) is 26.8 Å². The summed E-state index contributed by atoms with van der Waals surface area (Å²) in [5, 5.41) is 13.8. The van der Waals surface area contributed by atoms with E-state index in [4.69, 9.17) is 16.3 Å². The zero-order valence-electron chi connectivity index (χ0n) is 19.1. The first-order valence-corrected chi connectivity index (χ1v) is 12.6. The van der Waals surface area contributed by atoms with Crippen LogP contribution in [0.2, 0.25) is 5.02 Å². The summed E-state index contributed by atoms with van der Waals surface area (Å²) < 4.78 is 36.0. The lowest BCUT2D eigenvalue weighted by Crippen LogP contribution is -2.27. The number of nitriles is 1. The molecule has 180 valence electrons. The summed E-state index contributed by atoms with van der Waals surface area (Å²) in [6.45, 7) is 7.03. The molecule has 35 heavy (non-hydrogen) atoms. The Morgan fingerprint density at radius 1 is 1.31 bits per heavy atom. The topological polar surface area (TPSA) is 87.9 Å². The van der Waals surface area contributed by atoms with E-state index in [1.807, 2.05) is 13.0 Å². The van der Waals surface area contributed by atoms with Gasteiger partial charge in [-0.05, 0) is 44.2 Å². The third-order valence-electron chi connectivity index (χ3n) is 4.85. The number of carbonyl (C=O) groups excluding carboxylic acids is 1. The minimum absolute atomic E-state index is 0.0200. The predicted molar refractivity (Wildman–Crippen MR) is 136 cm³/mol. The monoisotopic (exact) mass is 532 g/mol. The summed E-state index contributed by atoms with van der Waals surface area (Å²) in [6, 6.07) is 6.11. The minimum Gasteiger partial charge on any atom is -0.444 e. The Hall–Kier alpha value is -3.00. The lowest BCUT2D eigenvalue weighted by molar-refractivity contribution is 0.0636. The number of rotatable bonds is 4. The van der Waals surface area contributed by atoms with Gasteiger partial charge in [0.15, 0.2) is 5.82 Å². The van der Waals surface area contributed by atoms with Crippen LogP contribution in [0.3, 0.4) is 0 Å². The maximum Gasteiger partial charge on any atom is 0.412 e. The van der Waals surface area contributed by atoms with Gasteiger partial charge in [0.1, 0.15) is 39.4 Å². The molecule has 0 spiro atoms. The number of nitrogens with one attached hydrogen (secondary N) is 1. The van der Waals surface area contributed by atoms with Gasteiger partial charge < -0.3 is 4.74 Å². The molecule has 0 atom stereocenters. The average Bonchev–Trinajstić information content (AvgIpc) is 3.13. The van der Waals surface area contributed by atoms with Crippen LogP contribution in [0, 0.1) is 23.0 Å². The van der Waals surface area contributed by atoms with Gasteiger partial charge in [0.05, 0.1) is 15.3 Å². The van der Waals surface area contributed by atoms with Crippen molar-refractivity contribution in [2.45, 2.75) is 38.3 Å². The van der Waals surface area contributed by atoms with Gasteiger partial charge in [-0.25, -0.2) is 23.5 Å². The second-order valence-corrected chi connectivity index (χ2v) is 11.1. The standard InChI is InChI=1S/C24H19ClF2N4O2S2/c1-5-34-21-12-8-14(25)17(18(27)19(12)29-10-30-21)11-6-7-15(26)20-16(11)13(9-28)22(35-20)31-23(32)33-24(2,3)4/h6-8,10H,5H2,1-4H3,(H,31,32). The van der Waals surface area contributed by atoms with Crippen molar-refractivity contribution in [1.29, 1.82) is 5.26 Å². The quantitative estimate of drug-likeness (QED) is 0.213. The van der Waals surface area contributed by atoms with Crippen LogP contribution >= 0.6 is 34.7 Å². The van der Waals surface area contributed by atoms with Gasteiger partial charge >= 0.3 is 6.09 Å². The van der Waals surface area contributed by atoms with Crippen LogP contribution in [0.1, 0.15) is 33.3 Å². The van der Waals surface area contributed by atoms with Crippen molar-refractivity contribution in [3.63, 3.8) is 0 Å². The maximum absolute atomic E-state index is 15.9. The molecule has 0 aliphatic carbocycles. The van der Waals surface area contributed by atoms with E-state index >= 15 is 4.39 Å². The number of benzene rings is 2. The van der Waals surface area contributed by atoms with Crippen molar-refractivity contribution >= 4 is 66.8 Å². The molecule has 1 amide bonds. The normalized spacial score (nSPS) is 11.6. The third kappa shape index (κ3) is 4.76. The van der Waals surface area contributed by atoms with Gasteiger partial charge in [0.2, 0.25) is 0 Å². The number of thiophene rings is 1. The second-order valence-electron chi connectivity index (χ2n) is 8.40. The van der Waals surface area contributed by atoms with Crippen LogP contribution in [0.5, 0.6) is 0 Å². The van der Waals surface area contributed by atoms with Crippen LogP contribution in [0.15, 0.2) is 29.6 Å². The zero-order valence-corrected chi connectivity index (χ0v) is 21.5. The number of amides is 1. The molecular formula is C24H19ClF2N4O2S2. The molecule has 0 fully saturated rings. The Kier molecular flexibility index (Phi) is 6.86. The summed E-state index contributed by atoms with van der Waals surface area (Å²) in [6.07, 6.45) is 0.477. The fourth-order valence-electron chi connectivity index (χ4n) is 3.58. The smallest absolute Gasteiger partial charge is 0.412 e. The zero-order chi connectivity index (χ0) is 25.5. The molecule has 2 aromatic heterocycles. The maximum atomic E-state index is 15.9. The van der Waals surface area contributed by atoms with E-state index in [2.05, 4.69) is 15.3 Å². The van der Waals surface area contributed by atoms with Crippen LogP contribution < -0.4 is 5.32 Å². The lowest BCUT2D eigenvalue weighted by Gasteiger charge is -2.19. The van der Waals surface area contributed by atoms with Crippen LogP contribution in [0.25, 0.3) is 32.1 Å². The van der Waals surface area contributed by atoms with E-state index in [9.17, 15) is 14.4 Å². The summed E-state index contributed by atoms with van der Waals surface area (Å²) in [7, 11) is 0. The van der Waals surface area contributed by atoms with Gasteiger partial charge in [0, 0.05) is 16.3 Å². The molecule has 4 aromatic rings. The van der Waals surface area contributed by atoms with E-state index in [0.29, 0.717) is 10.4 Å². The molecule has 0 saturated heterocycles. The van der Waals surface area contributed by atoms with E-state index in [1.165, 1.54) is 30.2 Å². The molecule has 0 saturated carbocycles. The summed E-state index contributed by atoms with van der Waals surface area (Å²) in [5.74, 6) is -0.610. The minimum atomic E-state index is -0.796. The number of aromatic nitrogens is 2. The molecular weight excluding hydrogens is 514 g/mol. The molecule has 0 aliphatic heterocycles. The molecule has 6 nitrogen and oxygen atoms in total. The largest absolute Gasteiger partial charge is 0.444 e. The second kappa shape index (κ2) is 9.57. The fourth-order valence-corrected chi connectivity index (χ4v) is 5.64. The Morgan fingerprint density at radius 3 is 2.71 bits per heavy atom. The molecule has 0 unspecified atom stereocenters. The molecule has 0 radical (unpaired) electrons. The van der Waals surface area contributed by atoms with Crippen molar-refractivity contribution in [2.24, 2.45) is 0 Å². The van der Waals surface area contributed by atoms with Crippen molar-refractivity contribution in [2.75, 3.05) is 11.1 Å². The SMILES string of the molecule is CCSc1ncnc2c(F)c(-c3ccc(F)c4sc(NC(=O)OC(C)(C)C)c(C#N)c34)c(Cl)cc12. The highest BCUT2D eigenvalue weighted by molar-refractivity contribution is 7.99. The highest BCUT2D eigenvalue weighted by Crippen LogP contribution is 2.46. The van der Waals surface area contributed by atoms with Crippen molar-refractivity contribution in [1.82, 2.24) is 9.97 Å². The van der Waals surface area contributed by atoms with Gasteiger partial charge in [0.25, 0.3) is 0 Å². The van der Waals surface area contributed by atoms with Gasteiger partial charge in [-0.15, -0.1) is 23.1 Å². The van der Waals surface area contributed by atoms with Gasteiger partial charge in [-0.1, -0.05) is 24.6 Å². The molecule has 0 aliphatic rings. The number of nitrogens with zero attached hydrogens (tertiary/aromatic N) is 3. The number of carbonyl (C=O) groups is 1. The Bertz CT molecular complexity index is 1530. The third-order valence-corrected chi connectivity index (χ3v) is 7.15. The fraction of sp³-hybridized carbons (Fsp3) is 0.250. The molecule has 11 heteroatoms. The number of halogens is 3. The number of ether oxygens (including phenoxy) is 1. The first kappa shape index (κ1) is 25.1. The van der Waals surface area contributed by atoms with Crippen LogP contribution in [0.4, 0.5) is 18.6 Å². The summed E-state index contributed by atoms with van der Waals surface area (Å²) >= 11 is 8.83. The van der Waals surface area contributed by atoms with Crippen molar-refractivity contribution < 1.29 is 18.3 Å². The molecule has 0 bridgehead atoms. The van der Waals surface area contributed by atoms with Crippen LogP contribution in [-0.4, -0.2) is 27.4 Å². The predicted octanol–water partition coefficient (Wildman–Crippen LogP) is 7.77. The number of hydrogen-bond acceptors (Lipinski definition) is 7. The van der Waals surface area contributed by atoms with E-state index < -0.39 is 23.3 Å². The number of anilines is 1. The van der Waals surface area contributed by atoms with Crippen LogP contribution in [-0.2, 0) is 4.74 Å². The number of fused-ring (bicyclic) bond motifs is 2. The Labute approximate surface area is 213 Å².